The number of anilines is 1. The first kappa shape index (κ1) is 15.0. The van der Waals surface area contributed by atoms with Gasteiger partial charge in [0.05, 0.1) is 11.9 Å². The molecule has 0 bridgehead atoms. The third kappa shape index (κ3) is 2.70. The maximum absolute atomic E-state index is 6.03. The first-order valence-corrected chi connectivity index (χ1v) is 9.58. The van der Waals surface area contributed by atoms with Crippen molar-refractivity contribution in [3.05, 3.63) is 41.0 Å². The van der Waals surface area contributed by atoms with Crippen molar-refractivity contribution in [2.45, 2.75) is 31.8 Å². The Morgan fingerprint density at radius 1 is 1.12 bits per heavy atom. The van der Waals surface area contributed by atoms with E-state index in [2.05, 4.69) is 15.3 Å². The Labute approximate surface area is 150 Å². The van der Waals surface area contributed by atoms with Crippen molar-refractivity contribution in [2.24, 2.45) is 0 Å². The second-order valence-corrected chi connectivity index (χ2v) is 7.58. The molecule has 5 rings (SSSR count). The summed E-state index contributed by atoms with van der Waals surface area (Å²) in [6, 6.07) is 7.80. The van der Waals surface area contributed by atoms with Gasteiger partial charge in [-0.1, -0.05) is 12.1 Å². The lowest BCUT2D eigenvalue weighted by Gasteiger charge is -2.26. The third-order valence-corrected chi connectivity index (χ3v) is 6.02. The smallest absolute Gasteiger partial charge is 0.161 e. The van der Waals surface area contributed by atoms with Crippen molar-refractivity contribution < 1.29 is 9.47 Å². The van der Waals surface area contributed by atoms with E-state index in [0.29, 0.717) is 13.2 Å². The van der Waals surface area contributed by atoms with E-state index in [4.69, 9.17) is 9.47 Å². The number of benzene rings is 1. The van der Waals surface area contributed by atoms with E-state index in [9.17, 15) is 0 Å². The summed E-state index contributed by atoms with van der Waals surface area (Å²) in [5.41, 5.74) is 1.44. The maximum Gasteiger partial charge on any atom is 0.161 e. The molecule has 1 atom stereocenters. The summed E-state index contributed by atoms with van der Waals surface area (Å²) in [6.45, 7) is 1.20. The predicted molar refractivity (Wildman–Crippen MR) is 98.9 cm³/mol. The monoisotopic (exact) mass is 353 g/mol. The lowest BCUT2D eigenvalue weighted by atomic mass is 9.97. The average Bonchev–Trinajstić information content (AvgIpc) is 3.05. The summed E-state index contributed by atoms with van der Waals surface area (Å²) < 4.78 is 11.8. The minimum atomic E-state index is -0.0330. The SMILES string of the molecule is c1ccc2c(c1)OCC(CNc1ncnc3sc4c(c13)CCCC4)O2. The van der Waals surface area contributed by atoms with Gasteiger partial charge in [0.1, 0.15) is 29.7 Å². The predicted octanol–water partition coefficient (Wildman–Crippen LogP) is 3.82. The molecular formula is C19H19N3O2S. The molecule has 0 saturated carbocycles. The molecule has 2 aliphatic rings. The van der Waals surface area contributed by atoms with E-state index < -0.39 is 0 Å². The Hall–Kier alpha value is -2.34. The van der Waals surface area contributed by atoms with Crippen LogP contribution in [0.25, 0.3) is 10.2 Å². The fourth-order valence-corrected chi connectivity index (χ4v) is 4.83. The zero-order valence-corrected chi connectivity index (χ0v) is 14.6. The van der Waals surface area contributed by atoms with Crippen LogP contribution in [0.1, 0.15) is 23.3 Å². The molecule has 6 heteroatoms. The van der Waals surface area contributed by atoms with Gasteiger partial charge in [-0.25, -0.2) is 9.97 Å². The van der Waals surface area contributed by atoms with E-state index in [-0.39, 0.29) is 6.10 Å². The number of fused-ring (bicyclic) bond motifs is 4. The van der Waals surface area contributed by atoms with Gasteiger partial charge in [-0.3, -0.25) is 0 Å². The van der Waals surface area contributed by atoms with Gasteiger partial charge in [-0.05, 0) is 43.4 Å². The molecule has 3 heterocycles. The average molecular weight is 353 g/mol. The Kier molecular flexibility index (Phi) is 3.70. The Bertz CT molecular complexity index is 924. The molecule has 1 aliphatic heterocycles. The number of rotatable bonds is 3. The number of hydrogen-bond acceptors (Lipinski definition) is 6. The molecule has 2 aromatic heterocycles. The summed E-state index contributed by atoms with van der Waals surface area (Å²) in [4.78, 5) is 11.6. The molecule has 128 valence electrons. The van der Waals surface area contributed by atoms with Crippen LogP contribution >= 0.6 is 11.3 Å². The van der Waals surface area contributed by atoms with Crippen LogP contribution in [0.15, 0.2) is 30.6 Å². The van der Waals surface area contributed by atoms with Crippen LogP contribution in [0.2, 0.25) is 0 Å². The van der Waals surface area contributed by atoms with Crippen molar-refractivity contribution in [2.75, 3.05) is 18.5 Å². The van der Waals surface area contributed by atoms with E-state index in [1.807, 2.05) is 35.6 Å². The lowest BCUT2D eigenvalue weighted by molar-refractivity contribution is 0.0997. The molecule has 25 heavy (non-hydrogen) atoms. The molecule has 1 N–H and O–H groups in total. The van der Waals surface area contributed by atoms with Crippen molar-refractivity contribution in [3.8, 4) is 11.5 Å². The highest BCUT2D eigenvalue weighted by Crippen LogP contribution is 2.38. The number of hydrogen-bond donors (Lipinski definition) is 1. The lowest BCUT2D eigenvalue weighted by Crippen LogP contribution is -2.35. The molecule has 0 spiro atoms. The quantitative estimate of drug-likeness (QED) is 0.776. The number of thiophene rings is 1. The van der Waals surface area contributed by atoms with Crippen molar-refractivity contribution in [3.63, 3.8) is 0 Å². The minimum Gasteiger partial charge on any atom is -0.486 e. The summed E-state index contributed by atoms with van der Waals surface area (Å²) in [6.07, 6.45) is 6.46. The summed E-state index contributed by atoms with van der Waals surface area (Å²) in [5.74, 6) is 2.54. The summed E-state index contributed by atoms with van der Waals surface area (Å²) in [5, 5.41) is 4.68. The van der Waals surface area contributed by atoms with Gasteiger partial charge in [-0.2, -0.15) is 0 Å². The highest BCUT2D eigenvalue weighted by atomic mass is 32.1. The second-order valence-electron chi connectivity index (χ2n) is 6.49. The fourth-order valence-electron chi connectivity index (χ4n) is 3.60. The number of para-hydroxylation sites is 2. The molecule has 1 aliphatic carbocycles. The molecular weight excluding hydrogens is 334 g/mol. The topological polar surface area (TPSA) is 56.3 Å². The molecule has 0 saturated heterocycles. The van der Waals surface area contributed by atoms with Crippen LogP contribution in [0.4, 0.5) is 5.82 Å². The number of aromatic nitrogens is 2. The molecule has 1 aromatic carbocycles. The van der Waals surface area contributed by atoms with Crippen molar-refractivity contribution in [1.29, 1.82) is 0 Å². The first-order chi connectivity index (χ1) is 12.4. The van der Waals surface area contributed by atoms with Gasteiger partial charge < -0.3 is 14.8 Å². The van der Waals surface area contributed by atoms with Crippen LogP contribution in [0.3, 0.4) is 0 Å². The number of aryl methyl sites for hydroxylation is 2. The van der Waals surface area contributed by atoms with Gasteiger partial charge >= 0.3 is 0 Å². The normalized spacial score (nSPS) is 18.8. The van der Waals surface area contributed by atoms with Crippen LogP contribution in [-0.4, -0.2) is 29.2 Å². The molecule has 5 nitrogen and oxygen atoms in total. The van der Waals surface area contributed by atoms with E-state index in [1.165, 1.54) is 35.1 Å². The fraction of sp³-hybridized carbons (Fsp3) is 0.368. The standard InChI is InChI=1S/C19H19N3O2S/c1-4-8-16-13(5-1)17-18(21-11-22-19(17)25-16)20-9-12-10-23-14-6-2-3-7-15(14)24-12/h2-3,6-7,11-12H,1,4-5,8-10H2,(H,20,21,22). The second kappa shape index (κ2) is 6.19. The Morgan fingerprint density at radius 2 is 2.00 bits per heavy atom. The van der Waals surface area contributed by atoms with Crippen LogP contribution in [0, 0.1) is 0 Å². The van der Waals surface area contributed by atoms with Gasteiger partial charge in [0.15, 0.2) is 11.5 Å². The van der Waals surface area contributed by atoms with Crippen molar-refractivity contribution in [1.82, 2.24) is 9.97 Å². The Morgan fingerprint density at radius 3 is 2.96 bits per heavy atom. The number of nitrogens with zero attached hydrogens (tertiary/aromatic N) is 2. The zero-order valence-electron chi connectivity index (χ0n) is 13.8. The van der Waals surface area contributed by atoms with Crippen LogP contribution in [0.5, 0.6) is 11.5 Å². The first-order valence-electron chi connectivity index (χ1n) is 8.76. The molecule has 0 radical (unpaired) electrons. The van der Waals surface area contributed by atoms with Crippen molar-refractivity contribution >= 4 is 27.4 Å². The molecule has 1 unspecified atom stereocenters. The summed E-state index contributed by atoms with van der Waals surface area (Å²) in [7, 11) is 0. The molecule has 3 aromatic rings. The third-order valence-electron chi connectivity index (χ3n) is 4.82. The molecule has 0 amide bonds. The van der Waals surface area contributed by atoms with Gasteiger partial charge in [0.25, 0.3) is 0 Å². The minimum absolute atomic E-state index is 0.0330. The Balaban J connectivity index is 1.37. The highest BCUT2D eigenvalue weighted by Gasteiger charge is 2.23. The van der Waals surface area contributed by atoms with E-state index in [0.717, 1.165) is 28.6 Å². The number of ether oxygens (including phenoxy) is 2. The van der Waals surface area contributed by atoms with Crippen LogP contribution < -0.4 is 14.8 Å². The van der Waals surface area contributed by atoms with Gasteiger partial charge in [0, 0.05) is 4.88 Å². The summed E-state index contributed by atoms with van der Waals surface area (Å²) >= 11 is 1.82. The van der Waals surface area contributed by atoms with E-state index >= 15 is 0 Å². The van der Waals surface area contributed by atoms with E-state index in [1.54, 1.807) is 6.33 Å². The van der Waals surface area contributed by atoms with Gasteiger partial charge in [0.2, 0.25) is 0 Å². The maximum atomic E-state index is 6.03. The highest BCUT2D eigenvalue weighted by molar-refractivity contribution is 7.19. The largest absolute Gasteiger partial charge is 0.486 e. The van der Waals surface area contributed by atoms with Crippen LogP contribution in [-0.2, 0) is 12.8 Å². The molecule has 0 fully saturated rings. The van der Waals surface area contributed by atoms with Gasteiger partial charge in [-0.15, -0.1) is 11.3 Å². The zero-order chi connectivity index (χ0) is 16.6. The number of nitrogens with one attached hydrogen (secondary N) is 1.